The number of nitrogens with zero attached hydrogens (tertiary/aromatic N) is 3. The van der Waals surface area contributed by atoms with Gasteiger partial charge in [-0.25, -0.2) is 4.79 Å². The minimum Gasteiger partial charge on any atom is -0.462 e. The molecule has 1 heterocycles. The molecule has 8 nitrogen and oxygen atoms in total. The Kier molecular flexibility index (Phi) is 6.94. The van der Waals surface area contributed by atoms with Gasteiger partial charge in [0.25, 0.3) is 11.6 Å². The molecule has 1 saturated heterocycles. The Morgan fingerprint density at radius 3 is 2.50 bits per heavy atom. The molecule has 0 saturated carbocycles. The first kappa shape index (κ1) is 22.0. The number of rotatable bonds is 5. The fourth-order valence-corrected chi connectivity index (χ4v) is 3.82. The summed E-state index contributed by atoms with van der Waals surface area (Å²) in [6.45, 7) is 3.46. The van der Waals surface area contributed by atoms with E-state index < -0.39 is 10.9 Å². The SMILES string of the molecule is CCOC(=O)c1ccc(N2CCN(C(=O)c3cc(Br)ccc3Cl)CC2)c([N+](=O)[O-])c1. The van der Waals surface area contributed by atoms with Gasteiger partial charge in [-0.2, -0.15) is 0 Å². The highest BCUT2D eigenvalue weighted by Gasteiger charge is 2.28. The molecule has 0 aliphatic carbocycles. The lowest BCUT2D eigenvalue weighted by molar-refractivity contribution is -0.384. The van der Waals surface area contributed by atoms with Crippen LogP contribution in [0.25, 0.3) is 0 Å². The molecule has 0 atom stereocenters. The normalized spacial score (nSPS) is 13.8. The van der Waals surface area contributed by atoms with E-state index in [1.165, 1.54) is 12.1 Å². The van der Waals surface area contributed by atoms with Crippen LogP contribution in [0.3, 0.4) is 0 Å². The predicted octanol–water partition coefficient (Wildman–Crippen LogP) is 4.15. The maximum absolute atomic E-state index is 12.8. The number of nitro groups is 1. The predicted molar refractivity (Wildman–Crippen MR) is 116 cm³/mol. The number of carbonyl (C=O) groups excluding carboxylic acids is 2. The summed E-state index contributed by atoms with van der Waals surface area (Å²) in [6.07, 6.45) is 0. The lowest BCUT2D eigenvalue weighted by Crippen LogP contribution is -2.49. The van der Waals surface area contributed by atoms with E-state index >= 15 is 0 Å². The molecule has 1 fully saturated rings. The van der Waals surface area contributed by atoms with Gasteiger partial charge in [-0.05, 0) is 37.3 Å². The maximum Gasteiger partial charge on any atom is 0.338 e. The highest BCUT2D eigenvalue weighted by atomic mass is 79.9. The first-order valence-corrected chi connectivity index (χ1v) is 10.4. The van der Waals surface area contributed by atoms with Gasteiger partial charge in [-0.1, -0.05) is 27.5 Å². The minimum atomic E-state index is -0.603. The van der Waals surface area contributed by atoms with Crippen molar-refractivity contribution < 1.29 is 19.2 Å². The molecule has 1 aliphatic rings. The van der Waals surface area contributed by atoms with Gasteiger partial charge in [0.2, 0.25) is 0 Å². The second-order valence-electron chi connectivity index (χ2n) is 6.58. The number of esters is 1. The molecule has 0 N–H and O–H groups in total. The summed E-state index contributed by atoms with van der Waals surface area (Å²) in [7, 11) is 0. The molecule has 30 heavy (non-hydrogen) atoms. The van der Waals surface area contributed by atoms with Crippen molar-refractivity contribution in [2.24, 2.45) is 0 Å². The number of nitro benzene ring substituents is 1. The highest BCUT2D eigenvalue weighted by Crippen LogP contribution is 2.31. The quantitative estimate of drug-likeness (QED) is 0.351. The van der Waals surface area contributed by atoms with Gasteiger partial charge in [0.05, 0.1) is 27.7 Å². The lowest BCUT2D eigenvalue weighted by atomic mass is 10.1. The van der Waals surface area contributed by atoms with Crippen LogP contribution in [-0.4, -0.2) is 54.5 Å². The van der Waals surface area contributed by atoms with Crippen LogP contribution >= 0.6 is 27.5 Å². The average Bonchev–Trinajstić information content (AvgIpc) is 2.74. The molecule has 2 aromatic carbocycles. The Balaban J connectivity index is 1.76. The number of ether oxygens (including phenoxy) is 1. The van der Waals surface area contributed by atoms with Crippen molar-refractivity contribution in [1.29, 1.82) is 0 Å². The molecule has 3 rings (SSSR count). The molecule has 0 spiro atoms. The van der Waals surface area contributed by atoms with Crippen molar-refractivity contribution in [2.75, 3.05) is 37.7 Å². The van der Waals surface area contributed by atoms with Crippen LogP contribution in [-0.2, 0) is 4.74 Å². The van der Waals surface area contributed by atoms with Gasteiger partial charge in [0.1, 0.15) is 5.69 Å². The average molecular weight is 497 g/mol. The number of hydrogen-bond acceptors (Lipinski definition) is 6. The van der Waals surface area contributed by atoms with E-state index in [1.807, 2.05) is 4.90 Å². The Morgan fingerprint density at radius 2 is 1.87 bits per heavy atom. The third-order valence-corrected chi connectivity index (χ3v) is 5.57. The van der Waals surface area contributed by atoms with Crippen LogP contribution in [0, 0.1) is 10.1 Å². The molecule has 0 bridgehead atoms. The summed E-state index contributed by atoms with van der Waals surface area (Å²) in [5, 5.41) is 11.9. The topological polar surface area (TPSA) is 93.0 Å². The van der Waals surface area contributed by atoms with E-state index in [0.29, 0.717) is 42.5 Å². The van der Waals surface area contributed by atoms with Gasteiger partial charge in [-0.15, -0.1) is 0 Å². The summed E-state index contributed by atoms with van der Waals surface area (Å²) in [6, 6.07) is 9.38. The van der Waals surface area contributed by atoms with Gasteiger partial charge in [0, 0.05) is 36.7 Å². The van der Waals surface area contributed by atoms with Gasteiger partial charge < -0.3 is 14.5 Å². The molecule has 0 radical (unpaired) electrons. The van der Waals surface area contributed by atoms with Crippen molar-refractivity contribution in [3.63, 3.8) is 0 Å². The number of benzene rings is 2. The van der Waals surface area contributed by atoms with E-state index in [4.69, 9.17) is 16.3 Å². The maximum atomic E-state index is 12.8. The van der Waals surface area contributed by atoms with Crippen molar-refractivity contribution in [2.45, 2.75) is 6.92 Å². The first-order chi connectivity index (χ1) is 14.3. The van der Waals surface area contributed by atoms with Crippen LogP contribution in [0.4, 0.5) is 11.4 Å². The second-order valence-corrected chi connectivity index (χ2v) is 7.91. The fraction of sp³-hybridized carbons (Fsp3) is 0.300. The third-order valence-electron chi connectivity index (χ3n) is 4.75. The third kappa shape index (κ3) is 4.73. The van der Waals surface area contributed by atoms with E-state index in [2.05, 4.69) is 15.9 Å². The molecule has 0 unspecified atom stereocenters. The summed E-state index contributed by atoms with van der Waals surface area (Å²) in [5.74, 6) is -0.790. The summed E-state index contributed by atoms with van der Waals surface area (Å²) < 4.78 is 5.67. The number of halogens is 2. The number of amides is 1. The smallest absolute Gasteiger partial charge is 0.338 e. The van der Waals surface area contributed by atoms with E-state index in [1.54, 1.807) is 36.1 Å². The Hall–Kier alpha value is -2.65. The standard InChI is InChI=1S/C20H19BrClN3O5/c1-2-30-20(27)13-3-6-17(18(11-13)25(28)29)23-7-9-24(10-8-23)19(26)15-12-14(21)4-5-16(15)22/h3-6,11-12H,2,7-10H2,1H3. The van der Waals surface area contributed by atoms with E-state index in [9.17, 15) is 19.7 Å². The molecular weight excluding hydrogens is 478 g/mol. The highest BCUT2D eigenvalue weighted by molar-refractivity contribution is 9.10. The van der Waals surface area contributed by atoms with Crippen LogP contribution in [0.15, 0.2) is 40.9 Å². The minimum absolute atomic E-state index is 0.130. The molecule has 10 heteroatoms. The molecule has 2 aromatic rings. The Labute approximate surface area is 186 Å². The van der Waals surface area contributed by atoms with Gasteiger partial charge >= 0.3 is 5.97 Å². The van der Waals surface area contributed by atoms with Crippen LogP contribution in [0.2, 0.25) is 5.02 Å². The number of anilines is 1. The molecule has 158 valence electrons. The van der Waals surface area contributed by atoms with Crippen LogP contribution in [0.1, 0.15) is 27.6 Å². The van der Waals surface area contributed by atoms with Crippen molar-refractivity contribution >= 4 is 50.8 Å². The van der Waals surface area contributed by atoms with E-state index in [-0.39, 0.29) is 23.8 Å². The zero-order valence-corrected chi connectivity index (χ0v) is 18.5. The molecular formula is C20H19BrClN3O5. The van der Waals surface area contributed by atoms with Crippen molar-refractivity contribution in [1.82, 2.24) is 4.90 Å². The fourth-order valence-electron chi connectivity index (χ4n) is 3.26. The van der Waals surface area contributed by atoms with Crippen LogP contribution < -0.4 is 4.90 Å². The monoisotopic (exact) mass is 495 g/mol. The molecule has 1 amide bonds. The Morgan fingerprint density at radius 1 is 1.17 bits per heavy atom. The largest absolute Gasteiger partial charge is 0.462 e. The number of hydrogen-bond donors (Lipinski definition) is 0. The summed E-state index contributed by atoms with van der Waals surface area (Å²) in [5.41, 5.74) is 0.769. The van der Waals surface area contributed by atoms with Crippen molar-refractivity contribution in [3.05, 3.63) is 67.1 Å². The van der Waals surface area contributed by atoms with Crippen molar-refractivity contribution in [3.8, 4) is 0 Å². The van der Waals surface area contributed by atoms with Crippen LogP contribution in [0.5, 0.6) is 0 Å². The van der Waals surface area contributed by atoms with Gasteiger partial charge in [0.15, 0.2) is 0 Å². The zero-order valence-electron chi connectivity index (χ0n) is 16.1. The lowest BCUT2D eigenvalue weighted by Gasteiger charge is -2.36. The Bertz CT molecular complexity index is 992. The van der Waals surface area contributed by atoms with E-state index in [0.717, 1.165) is 4.47 Å². The van der Waals surface area contributed by atoms with Gasteiger partial charge in [-0.3, -0.25) is 14.9 Å². The number of carbonyl (C=O) groups is 2. The first-order valence-electron chi connectivity index (χ1n) is 9.26. The summed E-state index contributed by atoms with van der Waals surface area (Å²) >= 11 is 9.50. The summed E-state index contributed by atoms with van der Waals surface area (Å²) in [4.78, 5) is 39.3. The number of piperazine rings is 1. The molecule has 0 aromatic heterocycles. The second kappa shape index (κ2) is 9.44. The zero-order chi connectivity index (χ0) is 21.8. The molecule has 1 aliphatic heterocycles.